The Morgan fingerprint density at radius 3 is 1.32 bits per heavy atom. The monoisotopic (exact) mass is 576 g/mol. The predicted molar refractivity (Wildman–Crippen MR) is 166 cm³/mol. The minimum absolute atomic E-state index is 0.198. The van der Waals surface area contributed by atoms with Gasteiger partial charge in [-0.3, -0.25) is 9.80 Å². The number of nitrogens with zero attached hydrogens (tertiary/aromatic N) is 2. The largest absolute Gasteiger partial charge is 0.396 e. The third kappa shape index (κ3) is 11.7. The zero-order valence-electron chi connectivity index (χ0n) is 23.0. The van der Waals surface area contributed by atoms with Gasteiger partial charge in [-0.15, -0.1) is 0 Å². The van der Waals surface area contributed by atoms with Crippen molar-refractivity contribution in [3.05, 3.63) is 105 Å². The molecule has 0 heterocycles. The summed E-state index contributed by atoms with van der Waals surface area (Å²) in [5.41, 5.74) is 4.05. The van der Waals surface area contributed by atoms with Crippen molar-refractivity contribution in [2.24, 2.45) is 0 Å². The van der Waals surface area contributed by atoms with Gasteiger partial charge in [0.15, 0.2) is 0 Å². The van der Waals surface area contributed by atoms with Crippen LogP contribution >= 0.6 is 23.2 Å². The van der Waals surface area contributed by atoms with Crippen LogP contribution in [0.25, 0.3) is 0 Å². The molecule has 4 nitrogen and oxygen atoms in total. The number of hydrogen-bond donors (Lipinski definition) is 2. The van der Waals surface area contributed by atoms with E-state index in [1.807, 2.05) is 72.8 Å². The Morgan fingerprint density at radius 1 is 0.550 bits per heavy atom. The number of hydrogen-bond acceptors (Lipinski definition) is 4. The molecule has 0 radical (unpaired) electrons. The maximum absolute atomic E-state index is 9.16. The minimum Gasteiger partial charge on any atom is -0.396 e. The lowest BCUT2D eigenvalue weighted by molar-refractivity contribution is 0.252. The molecule has 210 valence electrons. The van der Waals surface area contributed by atoms with E-state index in [1.165, 1.54) is 0 Å². The Bertz CT molecular complexity index is 1190. The van der Waals surface area contributed by atoms with Crippen molar-refractivity contribution in [3.63, 3.8) is 0 Å². The second-order valence-electron chi connectivity index (χ2n) is 9.65. The van der Waals surface area contributed by atoms with E-state index in [9.17, 15) is 0 Å². The smallest absolute Gasteiger partial charge is 0.0608 e. The second-order valence-corrected chi connectivity index (χ2v) is 10.5. The van der Waals surface area contributed by atoms with Crippen LogP contribution in [0.2, 0.25) is 10.0 Å². The summed E-state index contributed by atoms with van der Waals surface area (Å²) in [6, 6.07) is 23.8. The summed E-state index contributed by atoms with van der Waals surface area (Å²) >= 11 is 12.7. The third-order valence-corrected chi connectivity index (χ3v) is 7.16. The number of halogens is 2. The van der Waals surface area contributed by atoms with Crippen molar-refractivity contribution in [3.8, 4) is 23.7 Å². The first-order valence-electron chi connectivity index (χ1n) is 13.8. The average Bonchev–Trinajstić information content (AvgIpc) is 2.96. The number of aliphatic hydroxyl groups is 2. The molecule has 0 spiro atoms. The van der Waals surface area contributed by atoms with E-state index < -0.39 is 0 Å². The Kier molecular flexibility index (Phi) is 14.7. The number of unbranched alkanes of at least 4 members (excludes halogenated alkanes) is 2. The summed E-state index contributed by atoms with van der Waals surface area (Å²) in [5.74, 6) is 13.1. The SMILES string of the molecule is OCCCCN(CC#Cc1ccc(C#CCN(CCCCO)Cc2ccccc2Cl)cc1)Cc1ccccc1Cl. The van der Waals surface area contributed by atoms with Crippen LogP contribution in [0, 0.1) is 23.7 Å². The summed E-state index contributed by atoms with van der Waals surface area (Å²) in [5, 5.41) is 19.8. The van der Waals surface area contributed by atoms with Gasteiger partial charge in [0.2, 0.25) is 0 Å². The van der Waals surface area contributed by atoms with Crippen LogP contribution in [0.5, 0.6) is 0 Å². The molecule has 0 aliphatic heterocycles. The molecule has 40 heavy (non-hydrogen) atoms. The van der Waals surface area contributed by atoms with Gasteiger partial charge in [-0.25, -0.2) is 0 Å². The van der Waals surface area contributed by atoms with Crippen LogP contribution in [-0.4, -0.2) is 59.4 Å². The van der Waals surface area contributed by atoms with Crippen molar-refractivity contribution in [1.82, 2.24) is 9.80 Å². The molecule has 0 aliphatic rings. The topological polar surface area (TPSA) is 46.9 Å². The summed E-state index contributed by atoms with van der Waals surface area (Å²) in [4.78, 5) is 4.53. The summed E-state index contributed by atoms with van der Waals surface area (Å²) in [6.45, 7) is 4.79. The fourth-order valence-corrected chi connectivity index (χ4v) is 4.59. The molecule has 0 fully saturated rings. The zero-order chi connectivity index (χ0) is 28.4. The first-order valence-corrected chi connectivity index (χ1v) is 14.6. The quantitative estimate of drug-likeness (QED) is 0.176. The molecule has 0 amide bonds. The van der Waals surface area contributed by atoms with E-state index in [0.717, 1.165) is 84.2 Å². The van der Waals surface area contributed by atoms with Gasteiger partial charge in [0.1, 0.15) is 0 Å². The lowest BCUT2D eigenvalue weighted by atomic mass is 10.1. The number of benzene rings is 3. The Balaban J connectivity index is 1.58. The Morgan fingerprint density at radius 2 is 0.950 bits per heavy atom. The molecule has 0 aliphatic carbocycles. The number of aliphatic hydroxyl groups excluding tert-OH is 2. The van der Waals surface area contributed by atoms with Gasteiger partial charge in [-0.05, 0) is 86.3 Å². The van der Waals surface area contributed by atoms with Crippen LogP contribution in [0.3, 0.4) is 0 Å². The van der Waals surface area contributed by atoms with Gasteiger partial charge in [-0.2, -0.15) is 0 Å². The molecule has 0 bridgehead atoms. The van der Waals surface area contributed by atoms with Crippen LogP contribution in [0.4, 0.5) is 0 Å². The molecule has 0 atom stereocenters. The van der Waals surface area contributed by atoms with E-state index >= 15 is 0 Å². The first kappa shape index (κ1) is 31.7. The molecular formula is C34H38Cl2N2O2. The maximum atomic E-state index is 9.16. The number of rotatable bonds is 14. The van der Waals surface area contributed by atoms with E-state index in [1.54, 1.807) is 0 Å². The molecule has 0 unspecified atom stereocenters. The van der Waals surface area contributed by atoms with Crippen LogP contribution in [0.15, 0.2) is 72.8 Å². The van der Waals surface area contributed by atoms with E-state index in [2.05, 4.69) is 33.5 Å². The lowest BCUT2D eigenvalue weighted by Crippen LogP contribution is -2.25. The summed E-state index contributed by atoms with van der Waals surface area (Å²) < 4.78 is 0. The predicted octanol–water partition coefficient (Wildman–Crippen LogP) is 6.25. The highest BCUT2D eigenvalue weighted by Gasteiger charge is 2.08. The molecule has 3 aromatic carbocycles. The van der Waals surface area contributed by atoms with Gasteiger partial charge < -0.3 is 10.2 Å². The average molecular weight is 578 g/mol. The van der Waals surface area contributed by atoms with Crippen molar-refractivity contribution in [2.45, 2.75) is 38.8 Å². The fraction of sp³-hybridized carbons (Fsp3) is 0.353. The van der Waals surface area contributed by atoms with Gasteiger partial charge in [-0.1, -0.05) is 83.3 Å². The molecule has 0 aromatic heterocycles. The van der Waals surface area contributed by atoms with Crippen LogP contribution in [-0.2, 0) is 13.1 Å². The molecular weight excluding hydrogens is 539 g/mol. The fourth-order valence-electron chi connectivity index (χ4n) is 4.20. The van der Waals surface area contributed by atoms with Crippen LogP contribution < -0.4 is 0 Å². The van der Waals surface area contributed by atoms with E-state index in [0.29, 0.717) is 13.1 Å². The van der Waals surface area contributed by atoms with Crippen molar-refractivity contribution < 1.29 is 10.2 Å². The summed E-state index contributed by atoms with van der Waals surface area (Å²) in [6.07, 6.45) is 3.37. The van der Waals surface area contributed by atoms with Gasteiger partial charge in [0.05, 0.1) is 13.1 Å². The van der Waals surface area contributed by atoms with Crippen molar-refractivity contribution in [1.29, 1.82) is 0 Å². The van der Waals surface area contributed by atoms with Crippen LogP contribution in [0.1, 0.15) is 47.9 Å². The van der Waals surface area contributed by atoms with Gasteiger partial charge >= 0.3 is 0 Å². The molecule has 3 rings (SSSR count). The van der Waals surface area contributed by atoms with Crippen molar-refractivity contribution >= 4 is 23.2 Å². The maximum Gasteiger partial charge on any atom is 0.0608 e. The zero-order valence-corrected chi connectivity index (χ0v) is 24.5. The highest BCUT2D eigenvalue weighted by Crippen LogP contribution is 2.18. The van der Waals surface area contributed by atoms with Gasteiger partial charge in [0, 0.05) is 47.5 Å². The standard InChI is InChI=1S/C34H38Cl2N2O2/c35-33-15-3-1-13-31(33)27-37(21-5-7-25-39)23-9-11-29-17-19-30(20-18-29)12-10-24-38(22-6-8-26-40)28-32-14-2-4-16-34(32)36/h1-4,13-20,39-40H,5-8,21-28H2. The molecule has 3 aromatic rings. The lowest BCUT2D eigenvalue weighted by Gasteiger charge is -2.20. The highest BCUT2D eigenvalue weighted by molar-refractivity contribution is 6.31. The van der Waals surface area contributed by atoms with E-state index in [-0.39, 0.29) is 13.2 Å². The normalized spacial score (nSPS) is 10.8. The van der Waals surface area contributed by atoms with E-state index in [4.69, 9.17) is 33.4 Å². The molecule has 0 saturated carbocycles. The Labute approximate surface area is 249 Å². The minimum atomic E-state index is 0.198. The van der Waals surface area contributed by atoms with Gasteiger partial charge in [0.25, 0.3) is 0 Å². The first-order chi connectivity index (χ1) is 19.6. The summed E-state index contributed by atoms with van der Waals surface area (Å²) in [7, 11) is 0. The second kappa shape index (κ2) is 18.5. The third-order valence-electron chi connectivity index (χ3n) is 6.42. The molecule has 0 saturated heterocycles. The van der Waals surface area contributed by atoms with Crippen molar-refractivity contribution in [2.75, 3.05) is 39.4 Å². The molecule has 6 heteroatoms. The Hall–Kier alpha value is -2.80. The highest BCUT2D eigenvalue weighted by atomic mass is 35.5. The molecule has 2 N–H and O–H groups in total.